The van der Waals surface area contributed by atoms with Crippen LogP contribution in [0.4, 0.5) is 0 Å². The van der Waals surface area contributed by atoms with E-state index in [0.29, 0.717) is 11.9 Å². The van der Waals surface area contributed by atoms with E-state index in [-0.39, 0.29) is 5.69 Å². The van der Waals surface area contributed by atoms with Crippen LogP contribution in [0.15, 0.2) is 36.4 Å². The minimum atomic E-state index is -0.986. The number of nitrogens with zero attached hydrogens (tertiary/aromatic N) is 2. The molecule has 3 rings (SSSR count). The summed E-state index contributed by atoms with van der Waals surface area (Å²) in [7, 11) is 0. The van der Waals surface area contributed by atoms with E-state index >= 15 is 0 Å². The molecule has 4 nitrogen and oxygen atoms in total. The van der Waals surface area contributed by atoms with Crippen LogP contribution in [0.2, 0.25) is 0 Å². The molecule has 0 atom stereocenters. The largest absolute Gasteiger partial charge is 0.476 e. The Balaban J connectivity index is 2.05. The quantitative estimate of drug-likeness (QED) is 0.799. The van der Waals surface area contributed by atoms with Crippen LogP contribution < -0.4 is 0 Å². The summed E-state index contributed by atoms with van der Waals surface area (Å²) in [5.74, 6) is -0.986. The molecule has 1 N–H and O–H groups in total. The molecule has 0 aliphatic carbocycles. The highest BCUT2D eigenvalue weighted by Gasteiger charge is 2.16. The van der Waals surface area contributed by atoms with E-state index in [9.17, 15) is 9.90 Å². The van der Waals surface area contributed by atoms with Gasteiger partial charge in [0, 0.05) is 15.1 Å². The molecule has 5 heteroatoms. The molecule has 2 heterocycles. The Morgan fingerprint density at radius 2 is 2.00 bits per heavy atom. The van der Waals surface area contributed by atoms with Gasteiger partial charge in [-0.1, -0.05) is 25.1 Å². The van der Waals surface area contributed by atoms with Gasteiger partial charge in [0.2, 0.25) is 0 Å². The van der Waals surface area contributed by atoms with Crippen LogP contribution >= 0.6 is 11.3 Å². The predicted octanol–water partition coefficient (Wildman–Crippen LogP) is 3.41. The van der Waals surface area contributed by atoms with Crippen LogP contribution in [0.25, 0.3) is 10.9 Å². The maximum Gasteiger partial charge on any atom is 0.357 e. The number of hydrogen-bond acceptors (Lipinski definition) is 3. The van der Waals surface area contributed by atoms with Gasteiger partial charge in [0.15, 0.2) is 5.69 Å². The Hall–Kier alpha value is -2.14. The summed E-state index contributed by atoms with van der Waals surface area (Å²) in [4.78, 5) is 13.8. The Bertz CT molecular complexity index is 773. The minimum Gasteiger partial charge on any atom is -0.476 e. The summed E-state index contributed by atoms with van der Waals surface area (Å²) in [6.45, 7) is 2.74. The number of aryl methyl sites for hydroxylation is 1. The third-order valence-electron chi connectivity index (χ3n) is 3.23. The van der Waals surface area contributed by atoms with Crippen molar-refractivity contribution in [2.24, 2.45) is 0 Å². The fourth-order valence-corrected chi connectivity index (χ4v) is 3.19. The highest BCUT2D eigenvalue weighted by molar-refractivity contribution is 7.11. The van der Waals surface area contributed by atoms with Crippen molar-refractivity contribution in [2.45, 2.75) is 19.9 Å². The number of rotatable bonds is 4. The zero-order valence-corrected chi connectivity index (χ0v) is 11.9. The molecular formula is C15H14N2O2S. The molecule has 0 saturated heterocycles. The number of aromatic carboxylic acids is 1. The molecule has 0 aliphatic heterocycles. The van der Waals surface area contributed by atoms with Crippen LogP contribution in [0.1, 0.15) is 27.2 Å². The first-order valence-corrected chi connectivity index (χ1v) is 7.27. The average molecular weight is 286 g/mol. The predicted molar refractivity (Wildman–Crippen MR) is 79.5 cm³/mol. The maximum atomic E-state index is 11.3. The van der Waals surface area contributed by atoms with Crippen LogP contribution in [-0.2, 0) is 13.0 Å². The lowest BCUT2D eigenvalue weighted by Gasteiger charge is -2.00. The second-order valence-corrected chi connectivity index (χ2v) is 5.80. The summed E-state index contributed by atoms with van der Waals surface area (Å²) < 4.78 is 1.77. The van der Waals surface area contributed by atoms with Crippen molar-refractivity contribution in [1.82, 2.24) is 9.78 Å². The molecule has 0 fully saturated rings. The molecule has 0 unspecified atom stereocenters. The fourth-order valence-electron chi connectivity index (χ4n) is 2.25. The third-order valence-corrected chi connectivity index (χ3v) is 4.45. The number of carboxylic acid groups (broad SMARTS) is 1. The number of para-hydroxylation sites is 1. The summed E-state index contributed by atoms with van der Waals surface area (Å²) >= 11 is 1.75. The topological polar surface area (TPSA) is 55.1 Å². The summed E-state index contributed by atoms with van der Waals surface area (Å²) in [5, 5.41) is 14.2. The van der Waals surface area contributed by atoms with E-state index in [1.807, 2.05) is 18.2 Å². The lowest BCUT2D eigenvalue weighted by molar-refractivity contribution is 0.0691. The monoisotopic (exact) mass is 286 g/mol. The Kier molecular flexibility index (Phi) is 3.28. The van der Waals surface area contributed by atoms with Gasteiger partial charge in [-0.15, -0.1) is 11.3 Å². The van der Waals surface area contributed by atoms with Gasteiger partial charge in [-0.05, 0) is 24.6 Å². The number of carbonyl (C=O) groups is 1. The van der Waals surface area contributed by atoms with Gasteiger partial charge in [-0.2, -0.15) is 5.10 Å². The van der Waals surface area contributed by atoms with Crippen LogP contribution in [0, 0.1) is 0 Å². The SMILES string of the molecule is CCc1ccc(Cn2nc(C(=O)O)c3ccccc32)s1. The van der Waals surface area contributed by atoms with E-state index in [2.05, 4.69) is 24.2 Å². The number of hydrogen-bond donors (Lipinski definition) is 1. The molecule has 0 saturated carbocycles. The maximum absolute atomic E-state index is 11.3. The molecule has 0 radical (unpaired) electrons. The standard InChI is InChI=1S/C15H14N2O2S/c1-2-10-7-8-11(20-10)9-17-13-6-4-3-5-12(13)14(16-17)15(18)19/h3-8H,2,9H2,1H3,(H,18,19). The normalized spacial score (nSPS) is 11.1. The number of benzene rings is 1. The highest BCUT2D eigenvalue weighted by Crippen LogP contribution is 2.22. The minimum absolute atomic E-state index is 0.118. The van der Waals surface area contributed by atoms with E-state index in [1.54, 1.807) is 22.1 Å². The summed E-state index contributed by atoms with van der Waals surface area (Å²) in [6.07, 6.45) is 1.02. The zero-order valence-electron chi connectivity index (χ0n) is 11.0. The van der Waals surface area contributed by atoms with Crippen molar-refractivity contribution < 1.29 is 9.90 Å². The summed E-state index contributed by atoms with van der Waals surface area (Å²) in [5.41, 5.74) is 0.976. The molecule has 0 spiro atoms. The first-order valence-electron chi connectivity index (χ1n) is 6.45. The summed E-state index contributed by atoms with van der Waals surface area (Å²) in [6, 6.07) is 11.6. The van der Waals surface area contributed by atoms with Gasteiger partial charge in [0.05, 0.1) is 12.1 Å². The fraction of sp³-hybridized carbons (Fsp3) is 0.200. The molecule has 0 bridgehead atoms. The van der Waals surface area contributed by atoms with E-state index in [1.165, 1.54) is 9.75 Å². The van der Waals surface area contributed by atoms with Crippen LogP contribution in [-0.4, -0.2) is 20.9 Å². The van der Waals surface area contributed by atoms with E-state index < -0.39 is 5.97 Å². The molecule has 102 valence electrons. The van der Waals surface area contributed by atoms with Crippen molar-refractivity contribution in [3.8, 4) is 0 Å². The number of thiophene rings is 1. The first-order chi connectivity index (χ1) is 9.69. The molecule has 0 amide bonds. The average Bonchev–Trinajstić information content (AvgIpc) is 3.04. The number of carboxylic acids is 1. The number of aromatic nitrogens is 2. The third kappa shape index (κ3) is 2.20. The zero-order chi connectivity index (χ0) is 14.1. The van der Waals surface area contributed by atoms with Gasteiger partial charge < -0.3 is 5.11 Å². The Labute approximate surface area is 120 Å². The molecule has 2 aromatic heterocycles. The van der Waals surface area contributed by atoms with E-state index in [4.69, 9.17) is 0 Å². The van der Waals surface area contributed by atoms with Crippen LogP contribution in [0.5, 0.6) is 0 Å². The van der Waals surface area contributed by atoms with Crippen LogP contribution in [0.3, 0.4) is 0 Å². The van der Waals surface area contributed by atoms with Gasteiger partial charge in [-0.3, -0.25) is 4.68 Å². The van der Waals surface area contributed by atoms with Crippen molar-refractivity contribution >= 4 is 28.2 Å². The first kappa shape index (κ1) is 12.9. The van der Waals surface area contributed by atoms with Crippen molar-refractivity contribution in [3.63, 3.8) is 0 Å². The second-order valence-electron chi connectivity index (χ2n) is 4.55. The lowest BCUT2D eigenvalue weighted by Crippen LogP contribution is -2.03. The molecule has 20 heavy (non-hydrogen) atoms. The van der Waals surface area contributed by atoms with Gasteiger partial charge >= 0.3 is 5.97 Å². The second kappa shape index (κ2) is 5.09. The number of fused-ring (bicyclic) bond motifs is 1. The molecular weight excluding hydrogens is 272 g/mol. The molecule has 1 aromatic carbocycles. The Morgan fingerprint density at radius 1 is 1.25 bits per heavy atom. The Morgan fingerprint density at radius 3 is 2.70 bits per heavy atom. The van der Waals surface area contributed by atoms with Crippen molar-refractivity contribution in [1.29, 1.82) is 0 Å². The van der Waals surface area contributed by atoms with Crippen molar-refractivity contribution in [3.05, 3.63) is 51.8 Å². The smallest absolute Gasteiger partial charge is 0.357 e. The van der Waals surface area contributed by atoms with Gasteiger partial charge in [0.1, 0.15) is 0 Å². The molecule has 3 aromatic rings. The van der Waals surface area contributed by atoms with E-state index in [0.717, 1.165) is 11.9 Å². The van der Waals surface area contributed by atoms with Gasteiger partial charge in [-0.25, -0.2) is 4.79 Å². The van der Waals surface area contributed by atoms with Gasteiger partial charge in [0.25, 0.3) is 0 Å². The molecule has 0 aliphatic rings. The lowest BCUT2D eigenvalue weighted by atomic mass is 10.2. The van der Waals surface area contributed by atoms with Crippen molar-refractivity contribution in [2.75, 3.05) is 0 Å². The highest BCUT2D eigenvalue weighted by atomic mass is 32.1.